The minimum Gasteiger partial charge on any atom is -0.497 e. The number of benzene rings is 3. The van der Waals surface area contributed by atoms with Crippen LogP contribution in [0.3, 0.4) is 0 Å². The molecule has 6 aromatic rings. The first kappa shape index (κ1) is 20.1. The second-order valence-corrected chi connectivity index (χ2v) is 8.38. The molecule has 0 saturated carbocycles. The first-order valence-electron chi connectivity index (χ1n) is 10.9. The van der Waals surface area contributed by atoms with Gasteiger partial charge in [0.1, 0.15) is 23.0 Å². The van der Waals surface area contributed by atoms with E-state index in [0.29, 0.717) is 22.2 Å². The Balaban J connectivity index is 1.74. The van der Waals surface area contributed by atoms with Gasteiger partial charge >= 0.3 is 0 Å². The number of aryl methyl sites for hydroxylation is 2. The standard InChI is InChI=1S/C27H21N5O2/c1-16-12-17(2)14-19(13-16)31-15-28-25-23(27(31)33)24-26(30-22-7-5-4-6-21(22)29-24)32(25)18-8-10-20(34-3)11-9-18/h4-15H,1-3H3. The largest absolute Gasteiger partial charge is 0.497 e. The number of para-hydroxylation sites is 2. The van der Waals surface area contributed by atoms with Gasteiger partial charge in [0, 0.05) is 5.69 Å². The van der Waals surface area contributed by atoms with Crippen molar-refractivity contribution >= 4 is 33.2 Å². The monoisotopic (exact) mass is 447 g/mol. The molecule has 7 heteroatoms. The molecule has 0 unspecified atom stereocenters. The molecule has 0 aliphatic heterocycles. The van der Waals surface area contributed by atoms with E-state index in [4.69, 9.17) is 19.7 Å². The molecule has 166 valence electrons. The normalized spacial score (nSPS) is 11.5. The van der Waals surface area contributed by atoms with E-state index in [-0.39, 0.29) is 5.56 Å². The van der Waals surface area contributed by atoms with Crippen molar-refractivity contribution < 1.29 is 4.74 Å². The zero-order valence-corrected chi connectivity index (χ0v) is 19.0. The van der Waals surface area contributed by atoms with Gasteiger partial charge in [-0.2, -0.15) is 0 Å². The fraction of sp³-hybridized carbons (Fsp3) is 0.111. The summed E-state index contributed by atoms with van der Waals surface area (Å²) in [6.45, 7) is 4.03. The van der Waals surface area contributed by atoms with Crippen LogP contribution >= 0.6 is 0 Å². The Kier molecular flexibility index (Phi) is 4.45. The quantitative estimate of drug-likeness (QED) is 0.386. The lowest BCUT2D eigenvalue weighted by atomic mass is 10.1. The molecule has 3 aromatic heterocycles. The lowest BCUT2D eigenvalue weighted by Crippen LogP contribution is -2.19. The van der Waals surface area contributed by atoms with Crippen molar-refractivity contribution in [3.05, 3.63) is 94.5 Å². The molecule has 0 aliphatic rings. The fourth-order valence-corrected chi connectivity index (χ4v) is 4.49. The maximum Gasteiger partial charge on any atom is 0.269 e. The molecule has 3 heterocycles. The van der Waals surface area contributed by atoms with Crippen LogP contribution in [-0.4, -0.2) is 31.2 Å². The minimum atomic E-state index is -0.183. The molecule has 6 rings (SSSR count). The van der Waals surface area contributed by atoms with Crippen LogP contribution in [-0.2, 0) is 0 Å². The summed E-state index contributed by atoms with van der Waals surface area (Å²) < 4.78 is 8.78. The highest BCUT2D eigenvalue weighted by molar-refractivity contribution is 6.05. The maximum absolute atomic E-state index is 13.9. The van der Waals surface area contributed by atoms with E-state index in [1.807, 2.05) is 79.1 Å². The van der Waals surface area contributed by atoms with Crippen LogP contribution in [0.2, 0.25) is 0 Å². The molecule has 0 spiro atoms. The van der Waals surface area contributed by atoms with Crippen molar-refractivity contribution in [1.82, 2.24) is 24.1 Å². The highest BCUT2D eigenvalue weighted by Crippen LogP contribution is 2.29. The molecular weight excluding hydrogens is 426 g/mol. The second kappa shape index (κ2) is 7.52. The lowest BCUT2D eigenvalue weighted by Gasteiger charge is -2.09. The minimum absolute atomic E-state index is 0.183. The first-order chi connectivity index (χ1) is 16.5. The van der Waals surface area contributed by atoms with E-state index in [1.165, 1.54) is 0 Å². The fourth-order valence-electron chi connectivity index (χ4n) is 4.49. The molecule has 0 saturated heterocycles. The summed E-state index contributed by atoms with van der Waals surface area (Å²) in [5.41, 5.74) is 6.67. The van der Waals surface area contributed by atoms with Crippen molar-refractivity contribution in [3.8, 4) is 17.1 Å². The lowest BCUT2D eigenvalue weighted by molar-refractivity contribution is 0.415. The van der Waals surface area contributed by atoms with Gasteiger partial charge in [-0.15, -0.1) is 0 Å². The molecular formula is C27H21N5O2. The highest BCUT2D eigenvalue weighted by Gasteiger charge is 2.21. The number of fused-ring (bicyclic) bond motifs is 4. The Morgan fingerprint density at radius 1 is 0.794 bits per heavy atom. The van der Waals surface area contributed by atoms with Gasteiger partial charge in [-0.25, -0.2) is 15.0 Å². The second-order valence-electron chi connectivity index (χ2n) is 8.38. The van der Waals surface area contributed by atoms with Crippen molar-refractivity contribution in [2.75, 3.05) is 7.11 Å². The van der Waals surface area contributed by atoms with Gasteiger partial charge in [-0.3, -0.25) is 13.9 Å². The molecule has 0 N–H and O–H groups in total. The third-order valence-corrected chi connectivity index (χ3v) is 5.98. The van der Waals surface area contributed by atoms with Gasteiger partial charge in [0.15, 0.2) is 11.3 Å². The molecule has 34 heavy (non-hydrogen) atoms. The Morgan fingerprint density at radius 3 is 2.15 bits per heavy atom. The van der Waals surface area contributed by atoms with Gasteiger partial charge in [-0.1, -0.05) is 18.2 Å². The number of nitrogens with zero attached hydrogens (tertiary/aromatic N) is 5. The molecule has 0 fully saturated rings. The summed E-state index contributed by atoms with van der Waals surface area (Å²) in [5, 5.41) is 0.436. The van der Waals surface area contributed by atoms with Crippen molar-refractivity contribution in [3.63, 3.8) is 0 Å². The van der Waals surface area contributed by atoms with E-state index in [0.717, 1.165) is 39.3 Å². The van der Waals surface area contributed by atoms with Gasteiger partial charge in [0.2, 0.25) is 0 Å². The Labute approximate surface area is 194 Å². The highest BCUT2D eigenvalue weighted by atomic mass is 16.5. The SMILES string of the molecule is COc1ccc(-n2c3nc4ccccc4nc3c3c(=O)n(-c4cc(C)cc(C)c4)cnc32)cc1. The molecule has 3 aromatic carbocycles. The van der Waals surface area contributed by atoms with Crippen LogP contribution in [0.4, 0.5) is 0 Å². The summed E-state index contributed by atoms with van der Waals surface area (Å²) in [4.78, 5) is 28.3. The van der Waals surface area contributed by atoms with Gasteiger partial charge in [0.05, 0.1) is 23.8 Å². The number of ether oxygens (including phenoxy) is 1. The van der Waals surface area contributed by atoms with Crippen molar-refractivity contribution in [2.24, 2.45) is 0 Å². The predicted octanol–water partition coefficient (Wildman–Crippen LogP) is 4.90. The summed E-state index contributed by atoms with van der Waals surface area (Å²) in [6, 6.07) is 21.3. The number of methoxy groups -OCH3 is 1. The average Bonchev–Trinajstić information content (AvgIpc) is 3.16. The Hall–Kier alpha value is -4.52. The summed E-state index contributed by atoms with van der Waals surface area (Å²) in [6.07, 6.45) is 1.58. The number of hydrogen-bond acceptors (Lipinski definition) is 5. The van der Waals surface area contributed by atoms with Crippen molar-refractivity contribution in [2.45, 2.75) is 13.8 Å². The number of aromatic nitrogens is 5. The van der Waals surface area contributed by atoms with E-state index in [1.54, 1.807) is 18.0 Å². The molecule has 0 aliphatic carbocycles. The molecule has 0 amide bonds. The third-order valence-electron chi connectivity index (χ3n) is 5.98. The van der Waals surface area contributed by atoms with Crippen LogP contribution in [0.1, 0.15) is 11.1 Å². The van der Waals surface area contributed by atoms with Gasteiger partial charge in [0.25, 0.3) is 5.56 Å². The van der Waals surface area contributed by atoms with Gasteiger partial charge < -0.3 is 4.74 Å². The van der Waals surface area contributed by atoms with Crippen LogP contribution < -0.4 is 10.3 Å². The average molecular weight is 447 g/mol. The zero-order valence-electron chi connectivity index (χ0n) is 19.0. The van der Waals surface area contributed by atoms with Crippen LogP contribution in [0.25, 0.3) is 44.6 Å². The Morgan fingerprint density at radius 2 is 1.47 bits per heavy atom. The number of hydrogen-bond donors (Lipinski definition) is 0. The van der Waals surface area contributed by atoms with E-state index >= 15 is 0 Å². The Bertz CT molecular complexity index is 1760. The third kappa shape index (κ3) is 3.05. The van der Waals surface area contributed by atoms with E-state index in [9.17, 15) is 4.79 Å². The maximum atomic E-state index is 13.9. The zero-order chi connectivity index (χ0) is 23.4. The van der Waals surface area contributed by atoms with Crippen LogP contribution in [0.15, 0.2) is 77.9 Å². The van der Waals surface area contributed by atoms with Crippen LogP contribution in [0.5, 0.6) is 5.75 Å². The van der Waals surface area contributed by atoms with E-state index in [2.05, 4.69) is 6.07 Å². The molecule has 0 atom stereocenters. The smallest absolute Gasteiger partial charge is 0.269 e. The first-order valence-corrected chi connectivity index (χ1v) is 10.9. The molecule has 0 bridgehead atoms. The van der Waals surface area contributed by atoms with Crippen LogP contribution in [0, 0.1) is 13.8 Å². The topological polar surface area (TPSA) is 74.8 Å². The summed E-state index contributed by atoms with van der Waals surface area (Å²) >= 11 is 0. The molecule has 7 nitrogen and oxygen atoms in total. The molecule has 0 radical (unpaired) electrons. The summed E-state index contributed by atoms with van der Waals surface area (Å²) in [5.74, 6) is 0.742. The predicted molar refractivity (Wildman–Crippen MR) is 133 cm³/mol. The number of rotatable bonds is 3. The van der Waals surface area contributed by atoms with E-state index < -0.39 is 0 Å². The van der Waals surface area contributed by atoms with Gasteiger partial charge in [-0.05, 0) is 73.5 Å². The van der Waals surface area contributed by atoms with Crippen molar-refractivity contribution in [1.29, 1.82) is 0 Å². The summed E-state index contributed by atoms with van der Waals surface area (Å²) in [7, 11) is 1.63.